The highest BCUT2D eigenvalue weighted by atomic mass is 32.1. The smallest absolute Gasteiger partial charge is 0.223 e. The Labute approximate surface area is 139 Å². The van der Waals surface area contributed by atoms with Crippen LogP contribution in [-0.4, -0.2) is 26.9 Å². The minimum atomic E-state index is 0.190. The molecule has 1 atom stereocenters. The fourth-order valence-electron chi connectivity index (χ4n) is 3.43. The number of fused-ring (bicyclic) bond motifs is 1. The summed E-state index contributed by atoms with van der Waals surface area (Å²) in [5, 5.41) is 2.06. The van der Waals surface area contributed by atoms with E-state index in [1.807, 2.05) is 29.2 Å². The lowest BCUT2D eigenvalue weighted by Gasteiger charge is -2.16. The van der Waals surface area contributed by atoms with Crippen molar-refractivity contribution in [2.24, 2.45) is 0 Å². The molecule has 2 aromatic heterocycles. The minimum Gasteiger partial charge on any atom is -0.337 e. The number of aromatic nitrogens is 2. The number of para-hydroxylation sites is 2. The van der Waals surface area contributed by atoms with Crippen molar-refractivity contribution in [3.05, 3.63) is 52.5 Å². The molecule has 0 N–H and O–H groups in total. The average Bonchev–Trinajstić information content (AvgIpc) is 3.27. The Morgan fingerprint density at radius 2 is 2.13 bits per heavy atom. The second-order valence-corrected chi connectivity index (χ2v) is 6.99. The van der Waals surface area contributed by atoms with E-state index in [0.29, 0.717) is 6.42 Å². The number of hydrogen-bond acceptors (Lipinski definition) is 3. The Morgan fingerprint density at radius 1 is 1.26 bits per heavy atom. The monoisotopic (exact) mass is 325 g/mol. The lowest BCUT2D eigenvalue weighted by molar-refractivity contribution is -0.128. The molecule has 1 aliphatic rings. The van der Waals surface area contributed by atoms with Crippen LogP contribution in [0.5, 0.6) is 0 Å². The van der Waals surface area contributed by atoms with Crippen LogP contribution in [0.3, 0.4) is 0 Å². The third kappa shape index (κ3) is 2.55. The molecular formula is C18H19N3OS. The summed E-state index contributed by atoms with van der Waals surface area (Å²) in [6.45, 7) is 4.50. The molecule has 0 spiro atoms. The van der Waals surface area contributed by atoms with E-state index >= 15 is 0 Å². The molecule has 0 unspecified atom stereocenters. The molecule has 0 radical (unpaired) electrons. The summed E-state index contributed by atoms with van der Waals surface area (Å²) < 4.78 is 2.25. The van der Waals surface area contributed by atoms with Crippen LogP contribution in [0.2, 0.25) is 0 Å². The fourth-order valence-corrected chi connectivity index (χ4v) is 4.15. The molecule has 1 aromatic carbocycles. The summed E-state index contributed by atoms with van der Waals surface area (Å²) in [6, 6.07) is 12.3. The maximum absolute atomic E-state index is 12.4. The van der Waals surface area contributed by atoms with Crippen LogP contribution < -0.4 is 0 Å². The van der Waals surface area contributed by atoms with Gasteiger partial charge in [-0.1, -0.05) is 18.2 Å². The third-order valence-corrected chi connectivity index (χ3v) is 5.37. The number of benzene rings is 1. The number of aryl methyl sites for hydroxylation is 1. The highest BCUT2D eigenvalue weighted by Gasteiger charge is 2.33. The van der Waals surface area contributed by atoms with E-state index in [2.05, 4.69) is 29.0 Å². The molecule has 1 fully saturated rings. The zero-order valence-corrected chi connectivity index (χ0v) is 13.9. The van der Waals surface area contributed by atoms with Gasteiger partial charge in [0.2, 0.25) is 5.91 Å². The second-order valence-electron chi connectivity index (χ2n) is 5.96. The molecule has 23 heavy (non-hydrogen) atoms. The molecular weight excluding hydrogens is 306 g/mol. The maximum atomic E-state index is 12.4. The lowest BCUT2D eigenvalue weighted by Crippen LogP contribution is -2.24. The van der Waals surface area contributed by atoms with Gasteiger partial charge in [0.15, 0.2) is 0 Å². The van der Waals surface area contributed by atoms with Crippen LogP contribution in [0.1, 0.15) is 30.0 Å². The third-order valence-electron chi connectivity index (χ3n) is 4.51. The summed E-state index contributed by atoms with van der Waals surface area (Å²) in [6.07, 6.45) is 0.564. The molecule has 3 aromatic rings. The zero-order valence-electron chi connectivity index (χ0n) is 13.1. The van der Waals surface area contributed by atoms with Gasteiger partial charge < -0.3 is 9.47 Å². The van der Waals surface area contributed by atoms with Crippen LogP contribution in [0, 0.1) is 0 Å². The first-order valence-corrected chi connectivity index (χ1v) is 8.89. The molecule has 118 valence electrons. The molecule has 0 saturated carbocycles. The Balaban J connectivity index is 1.63. The fraction of sp³-hybridized carbons (Fsp3) is 0.333. The summed E-state index contributed by atoms with van der Waals surface area (Å²) in [5.41, 5.74) is 2.18. The topological polar surface area (TPSA) is 38.1 Å². The van der Waals surface area contributed by atoms with Gasteiger partial charge in [-0.15, -0.1) is 11.3 Å². The molecule has 0 aliphatic carbocycles. The number of nitrogens with zero attached hydrogens (tertiary/aromatic N) is 3. The van der Waals surface area contributed by atoms with E-state index in [-0.39, 0.29) is 11.8 Å². The van der Waals surface area contributed by atoms with Gasteiger partial charge in [-0.3, -0.25) is 4.79 Å². The SMILES string of the molecule is CCn1c([C@@H]2CC(=O)N(Cc3cccs3)C2)nc2ccccc21. The number of amides is 1. The molecule has 4 nitrogen and oxygen atoms in total. The first-order valence-electron chi connectivity index (χ1n) is 8.01. The number of rotatable bonds is 4. The van der Waals surface area contributed by atoms with Gasteiger partial charge >= 0.3 is 0 Å². The molecule has 4 rings (SSSR count). The predicted octanol–water partition coefficient (Wildman–Crippen LogP) is 3.63. The van der Waals surface area contributed by atoms with Crippen LogP contribution in [-0.2, 0) is 17.9 Å². The van der Waals surface area contributed by atoms with Crippen molar-refractivity contribution >= 4 is 28.3 Å². The van der Waals surface area contributed by atoms with Crippen LogP contribution >= 0.6 is 11.3 Å². The first-order chi connectivity index (χ1) is 11.3. The quantitative estimate of drug-likeness (QED) is 0.734. The first kappa shape index (κ1) is 14.5. The van der Waals surface area contributed by atoms with Crippen molar-refractivity contribution in [3.8, 4) is 0 Å². The molecule has 1 saturated heterocycles. The maximum Gasteiger partial charge on any atom is 0.223 e. The van der Waals surface area contributed by atoms with Gasteiger partial charge in [-0.25, -0.2) is 4.98 Å². The Kier molecular flexibility index (Phi) is 3.65. The lowest BCUT2D eigenvalue weighted by atomic mass is 10.1. The normalized spacial score (nSPS) is 18.2. The van der Waals surface area contributed by atoms with E-state index < -0.39 is 0 Å². The minimum absolute atomic E-state index is 0.190. The van der Waals surface area contributed by atoms with Gasteiger partial charge in [0.1, 0.15) is 5.82 Å². The molecule has 5 heteroatoms. The number of thiophene rings is 1. The highest BCUT2D eigenvalue weighted by molar-refractivity contribution is 7.09. The van der Waals surface area contributed by atoms with E-state index in [1.54, 1.807) is 11.3 Å². The van der Waals surface area contributed by atoms with Gasteiger partial charge in [-0.05, 0) is 30.5 Å². The Hall–Kier alpha value is -2.14. The number of hydrogen-bond donors (Lipinski definition) is 0. The van der Waals surface area contributed by atoms with Crippen molar-refractivity contribution in [1.82, 2.24) is 14.5 Å². The van der Waals surface area contributed by atoms with Crippen molar-refractivity contribution in [2.45, 2.75) is 32.4 Å². The Bertz CT molecular complexity index is 837. The van der Waals surface area contributed by atoms with E-state index in [9.17, 15) is 4.79 Å². The number of carbonyl (C=O) groups excluding carboxylic acids is 1. The summed E-state index contributed by atoms with van der Waals surface area (Å²) in [4.78, 5) is 20.4. The van der Waals surface area contributed by atoms with Crippen molar-refractivity contribution in [1.29, 1.82) is 0 Å². The van der Waals surface area contributed by atoms with Crippen LogP contribution in [0.4, 0.5) is 0 Å². The largest absolute Gasteiger partial charge is 0.337 e. The number of imidazole rings is 1. The summed E-state index contributed by atoms with van der Waals surface area (Å²) in [7, 11) is 0. The van der Waals surface area contributed by atoms with Gasteiger partial charge in [-0.2, -0.15) is 0 Å². The van der Waals surface area contributed by atoms with Crippen LogP contribution in [0.15, 0.2) is 41.8 Å². The Morgan fingerprint density at radius 3 is 2.91 bits per heavy atom. The van der Waals surface area contributed by atoms with Crippen molar-refractivity contribution in [3.63, 3.8) is 0 Å². The van der Waals surface area contributed by atoms with Crippen molar-refractivity contribution < 1.29 is 4.79 Å². The molecule has 3 heterocycles. The van der Waals surface area contributed by atoms with Gasteiger partial charge in [0, 0.05) is 30.3 Å². The molecule has 0 bridgehead atoms. The van der Waals surface area contributed by atoms with E-state index in [1.165, 1.54) is 4.88 Å². The standard InChI is InChI=1S/C18H19N3OS/c1-2-21-16-8-4-3-7-15(16)19-18(21)13-10-17(22)20(11-13)12-14-6-5-9-23-14/h3-9,13H,2,10-12H2,1H3/t13-/m1/s1. The molecule has 1 amide bonds. The second kappa shape index (κ2) is 5.81. The van der Waals surface area contributed by atoms with Crippen molar-refractivity contribution in [2.75, 3.05) is 6.54 Å². The highest BCUT2D eigenvalue weighted by Crippen LogP contribution is 2.31. The molecule has 1 aliphatic heterocycles. The number of likely N-dealkylation sites (tertiary alicyclic amines) is 1. The zero-order chi connectivity index (χ0) is 15.8. The summed E-state index contributed by atoms with van der Waals surface area (Å²) >= 11 is 1.71. The number of carbonyl (C=O) groups is 1. The van der Waals surface area contributed by atoms with Crippen LogP contribution in [0.25, 0.3) is 11.0 Å². The van der Waals surface area contributed by atoms with E-state index in [0.717, 1.165) is 36.5 Å². The summed E-state index contributed by atoms with van der Waals surface area (Å²) in [5.74, 6) is 1.48. The average molecular weight is 325 g/mol. The van der Waals surface area contributed by atoms with E-state index in [4.69, 9.17) is 4.98 Å². The van der Waals surface area contributed by atoms with Gasteiger partial charge in [0.25, 0.3) is 0 Å². The predicted molar refractivity (Wildman–Crippen MR) is 92.5 cm³/mol. The van der Waals surface area contributed by atoms with Gasteiger partial charge in [0.05, 0.1) is 17.6 Å².